The Hall–Kier alpha value is -3.25. The number of carboxylic acids is 5. The van der Waals surface area contributed by atoms with E-state index in [0.29, 0.717) is 32.1 Å². The fourth-order valence-electron chi connectivity index (χ4n) is 6.46. The Morgan fingerprint density at radius 3 is 0.344 bits per heavy atom. The molecule has 550 valence electrons. The third kappa shape index (κ3) is 156. The SMILES string of the molecule is CCCCCCCCCC(=O)O.CCCCCCCCCC(=O)O.CCCCCCCCCC(=O)O.CCCCCCCCCC(=O)O.CCCCCCCCCC(=O)O.OCC(O)CO.OCC(O)CO.OCC(O)CO.OCC(O)CO.OCC(O)CO. The van der Waals surface area contributed by atoms with Crippen LogP contribution in [0.4, 0.5) is 0 Å². The van der Waals surface area contributed by atoms with Crippen molar-refractivity contribution in [3.05, 3.63) is 0 Å². The number of rotatable bonds is 50. The van der Waals surface area contributed by atoms with Gasteiger partial charge in [-0.3, -0.25) is 24.0 Å². The summed E-state index contributed by atoms with van der Waals surface area (Å²) in [5.74, 6) is -3.32. The summed E-state index contributed by atoms with van der Waals surface area (Å²) in [6.45, 7) is 7.35. The predicted molar refractivity (Wildman–Crippen MR) is 352 cm³/mol. The molecule has 25 nitrogen and oxygen atoms in total. The summed E-state index contributed by atoms with van der Waals surface area (Å²) in [5.41, 5.74) is 0. The Balaban J connectivity index is -0.000000100. The first-order valence-electron chi connectivity index (χ1n) is 33.5. The van der Waals surface area contributed by atoms with Crippen molar-refractivity contribution in [2.45, 2.75) is 322 Å². The highest BCUT2D eigenvalue weighted by Gasteiger charge is 2.01. The maximum atomic E-state index is 10.1. The Kier molecular flexibility index (Phi) is 126. The van der Waals surface area contributed by atoms with E-state index in [2.05, 4.69) is 34.6 Å². The molecule has 0 amide bonds. The van der Waals surface area contributed by atoms with E-state index in [1.54, 1.807) is 0 Å². The minimum Gasteiger partial charge on any atom is -0.481 e. The maximum Gasteiger partial charge on any atom is 0.303 e. The normalized spacial score (nSPS) is 10.1. The van der Waals surface area contributed by atoms with E-state index in [4.69, 9.17) is 102 Å². The number of aliphatic carboxylic acids is 5. The van der Waals surface area contributed by atoms with E-state index < -0.39 is 60.4 Å². The van der Waals surface area contributed by atoms with E-state index in [0.717, 1.165) is 64.2 Å². The molecule has 0 fully saturated rings. The zero-order chi connectivity index (χ0) is 71.1. The largest absolute Gasteiger partial charge is 0.481 e. The van der Waals surface area contributed by atoms with Gasteiger partial charge in [0, 0.05) is 32.1 Å². The molecule has 90 heavy (non-hydrogen) atoms. The molecule has 0 aromatic rings. The molecule has 0 heterocycles. The number of carboxylic acid groups (broad SMARTS) is 5. The van der Waals surface area contributed by atoms with Crippen LogP contribution in [0.5, 0.6) is 0 Å². The van der Waals surface area contributed by atoms with Gasteiger partial charge in [0.1, 0.15) is 30.5 Å². The van der Waals surface area contributed by atoms with Gasteiger partial charge in [0.05, 0.1) is 66.1 Å². The van der Waals surface area contributed by atoms with Crippen molar-refractivity contribution < 1.29 is 126 Å². The number of carbonyl (C=O) groups is 5. The summed E-state index contributed by atoms with van der Waals surface area (Å²) in [6, 6.07) is 0. The number of aliphatic hydroxyl groups is 15. The fourth-order valence-corrected chi connectivity index (χ4v) is 6.46. The van der Waals surface area contributed by atoms with Gasteiger partial charge >= 0.3 is 29.8 Å². The van der Waals surface area contributed by atoms with E-state index in [1.807, 2.05) is 0 Å². The lowest BCUT2D eigenvalue weighted by atomic mass is 10.1. The molecule has 0 bridgehead atoms. The summed E-state index contributed by atoms with van der Waals surface area (Å²) < 4.78 is 0. The van der Waals surface area contributed by atoms with Gasteiger partial charge in [0.15, 0.2) is 0 Å². The topological polar surface area (TPSA) is 490 Å². The van der Waals surface area contributed by atoms with Crippen LogP contribution >= 0.6 is 0 Å². The quantitative estimate of drug-likeness (QED) is 0.0259. The molecule has 25 heteroatoms. The monoisotopic (exact) mass is 1320 g/mol. The van der Waals surface area contributed by atoms with Crippen LogP contribution in [0, 0.1) is 0 Å². The average molecular weight is 1320 g/mol. The third-order valence-corrected chi connectivity index (χ3v) is 12.1. The first kappa shape index (κ1) is 108. The molecule has 0 saturated carbocycles. The van der Waals surface area contributed by atoms with Gasteiger partial charge in [-0.2, -0.15) is 0 Å². The van der Waals surface area contributed by atoms with E-state index >= 15 is 0 Å². The van der Waals surface area contributed by atoms with Gasteiger partial charge in [0.25, 0.3) is 0 Å². The zero-order valence-corrected chi connectivity index (χ0v) is 56.7. The smallest absolute Gasteiger partial charge is 0.303 e. The number of hydrogen-bond donors (Lipinski definition) is 20. The highest BCUT2D eigenvalue weighted by molar-refractivity contribution is 5.67. The lowest BCUT2D eigenvalue weighted by Gasteiger charge is -1.98. The molecule has 20 N–H and O–H groups in total. The third-order valence-electron chi connectivity index (χ3n) is 12.1. The van der Waals surface area contributed by atoms with Gasteiger partial charge in [0.2, 0.25) is 0 Å². The standard InChI is InChI=1S/5C10H20O2.5C3H8O3/c5*1-2-3-4-5-6-7-8-9-10(11)12;5*4-1-3(6)2-5/h5*2-9H2,1H3,(H,11,12);5*3-6H,1-2H2. The average Bonchev–Trinajstić information content (AvgIpc) is 3.53. The molecule has 0 unspecified atom stereocenters. The van der Waals surface area contributed by atoms with Gasteiger partial charge in [-0.05, 0) is 32.1 Å². The summed E-state index contributed by atoms with van der Waals surface area (Å²) >= 11 is 0. The number of unbranched alkanes of at least 4 members (excludes halogenated alkanes) is 30. The summed E-state index contributed by atoms with van der Waals surface area (Å²) in [7, 11) is 0. The Morgan fingerprint density at radius 2 is 0.278 bits per heavy atom. The molecule has 0 aromatic carbocycles. The lowest BCUT2D eigenvalue weighted by Crippen LogP contribution is -2.15. The van der Waals surface area contributed by atoms with Crippen molar-refractivity contribution in [2.24, 2.45) is 0 Å². The van der Waals surface area contributed by atoms with E-state index in [-0.39, 0.29) is 66.1 Å². The molecular formula is C65H140O25. The number of aliphatic hydroxyl groups excluding tert-OH is 15. The maximum absolute atomic E-state index is 10.1. The second-order valence-corrected chi connectivity index (χ2v) is 21.4. The van der Waals surface area contributed by atoms with Gasteiger partial charge < -0.3 is 102 Å². The molecule has 0 aliphatic rings. The summed E-state index contributed by atoms with van der Waals surface area (Å²) in [5, 5.41) is 162. The first-order valence-corrected chi connectivity index (χ1v) is 33.5. The second-order valence-electron chi connectivity index (χ2n) is 21.4. The highest BCUT2D eigenvalue weighted by Crippen LogP contribution is 2.12. The van der Waals surface area contributed by atoms with Crippen LogP contribution in [0.25, 0.3) is 0 Å². The van der Waals surface area contributed by atoms with Crippen LogP contribution in [0.15, 0.2) is 0 Å². The van der Waals surface area contributed by atoms with Crippen molar-refractivity contribution in [2.75, 3.05) is 66.1 Å². The summed E-state index contributed by atoms with van der Waals surface area (Å²) in [6.07, 6.45) is 38.4. The molecule has 0 saturated heterocycles. The molecule has 0 radical (unpaired) electrons. The van der Waals surface area contributed by atoms with Crippen LogP contribution < -0.4 is 0 Å². The van der Waals surface area contributed by atoms with Gasteiger partial charge in [-0.15, -0.1) is 0 Å². The van der Waals surface area contributed by atoms with Gasteiger partial charge in [-0.25, -0.2) is 0 Å². The lowest BCUT2D eigenvalue weighted by molar-refractivity contribution is -0.138. The Morgan fingerprint density at radius 1 is 0.189 bits per heavy atom. The fraction of sp³-hybridized carbons (Fsp3) is 0.923. The zero-order valence-electron chi connectivity index (χ0n) is 56.7. The van der Waals surface area contributed by atoms with Crippen LogP contribution in [0.2, 0.25) is 0 Å². The second kappa shape index (κ2) is 105. The minimum absolute atomic E-state index is 0.341. The molecule has 0 aliphatic carbocycles. The molecule has 0 aliphatic heterocycles. The van der Waals surface area contributed by atoms with Crippen molar-refractivity contribution in [1.82, 2.24) is 0 Å². The van der Waals surface area contributed by atoms with E-state index in [9.17, 15) is 24.0 Å². The van der Waals surface area contributed by atoms with Gasteiger partial charge in [-0.1, -0.05) is 227 Å². The van der Waals surface area contributed by atoms with Crippen LogP contribution in [-0.4, -0.2) is 229 Å². The van der Waals surface area contributed by atoms with Crippen LogP contribution in [-0.2, 0) is 24.0 Å². The van der Waals surface area contributed by atoms with Crippen LogP contribution in [0.3, 0.4) is 0 Å². The predicted octanol–water partition coefficient (Wildman–Crippen LogP) is 7.72. The molecular weight excluding hydrogens is 1180 g/mol. The highest BCUT2D eigenvalue weighted by atomic mass is 16.4. The molecule has 0 aromatic heterocycles. The van der Waals surface area contributed by atoms with Crippen molar-refractivity contribution in [3.8, 4) is 0 Å². The Labute approximate surface area is 542 Å². The number of hydrogen-bond acceptors (Lipinski definition) is 20. The molecule has 0 spiro atoms. The van der Waals surface area contributed by atoms with Crippen molar-refractivity contribution >= 4 is 29.8 Å². The van der Waals surface area contributed by atoms with E-state index in [1.165, 1.54) is 161 Å². The van der Waals surface area contributed by atoms with Crippen molar-refractivity contribution in [1.29, 1.82) is 0 Å². The first-order chi connectivity index (χ1) is 42.9. The Bertz CT molecular complexity index is 1060. The van der Waals surface area contributed by atoms with Crippen LogP contribution in [0.1, 0.15) is 291 Å². The molecule has 0 atom stereocenters. The molecule has 0 rings (SSSR count). The van der Waals surface area contributed by atoms with Crippen molar-refractivity contribution in [3.63, 3.8) is 0 Å². The minimum atomic E-state index is -0.954. The summed E-state index contributed by atoms with van der Waals surface area (Å²) in [4.78, 5) is 50.7.